The SMILES string of the molecule is Cl.Cn1cc(NC(=O)C2CCNCC2)cc(Br)c1=O. The van der Waals surface area contributed by atoms with E-state index in [1.807, 2.05) is 0 Å². The molecule has 2 rings (SSSR count). The van der Waals surface area contributed by atoms with Gasteiger partial charge in [0.2, 0.25) is 5.91 Å². The molecule has 0 bridgehead atoms. The topological polar surface area (TPSA) is 63.1 Å². The Bertz CT molecular complexity index is 486. The van der Waals surface area contributed by atoms with E-state index in [1.54, 1.807) is 19.3 Å². The summed E-state index contributed by atoms with van der Waals surface area (Å²) in [4.78, 5) is 23.5. The third-order valence-corrected chi connectivity index (χ3v) is 3.69. The second-order valence-electron chi connectivity index (χ2n) is 4.51. The molecule has 7 heteroatoms. The zero-order valence-corrected chi connectivity index (χ0v) is 13.0. The Balaban J connectivity index is 0.00000180. The van der Waals surface area contributed by atoms with E-state index in [2.05, 4.69) is 26.6 Å². The lowest BCUT2D eigenvalue weighted by atomic mass is 9.97. The maximum Gasteiger partial charge on any atom is 0.264 e. The molecule has 2 heterocycles. The Labute approximate surface area is 126 Å². The molecule has 0 saturated carbocycles. The zero-order chi connectivity index (χ0) is 13.1. The molecule has 1 aromatic heterocycles. The predicted molar refractivity (Wildman–Crippen MR) is 80.9 cm³/mol. The number of aryl methyl sites for hydroxylation is 1. The van der Waals surface area contributed by atoms with Gasteiger partial charge in [-0.3, -0.25) is 9.59 Å². The summed E-state index contributed by atoms with van der Waals surface area (Å²) in [5.74, 6) is 0.0873. The highest BCUT2D eigenvalue weighted by molar-refractivity contribution is 9.10. The quantitative estimate of drug-likeness (QED) is 0.850. The van der Waals surface area contributed by atoms with Gasteiger partial charge in [0, 0.05) is 19.2 Å². The number of pyridine rings is 1. The van der Waals surface area contributed by atoms with Crippen LogP contribution >= 0.6 is 28.3 Å². The van der Waals surface area contributed by atoms with Gasteiger partial charge in [-0.1, -0.05) is 0 Å². The molecule has 1 saturated heterocycles. The zero-order valence-electron chi connectivity index (χ0n) is 10.6. The number of aromatic nitrogens is 1. The summed E-state index contributed by atoms with van der Waals surface area (Å²) in [6, 6.07) is 1.64. The van der Waals surface area contributed by atoms with E-state index in [0.29, 0.717) is 10.2 Å². The van der Waals surface area contributed by atoms with Gasteiger partial charge in [-0.25, -0.2) is 0 Å². The Morgan fingerprint density at radius 2 is 2.11 bits per heavy atom. The van der Waals surface area contributed by atoms with Crippen molar-refractivity contribution in [1.82, 2.24) is 9.88 Å². The van der Waals surface area contributed by atoms with Gasteiger partial charge >= 0.3 is 0 Å². The number of rotatable bonds is 2. The van der Waals surface area contributed by atoms with Crippen molar-refractivity contribution in [3.8, 4) is 0 Å². The van der Waals surface area contributed by atoms with E-state index in [4.69, 9.17) is 0 Å². The van der Waals surface area contributed by atoms with Crippen molar-refractivity contribution in [3.05, 3.63) is 27.1 Å². The van der Waals surface area contributed by atoms with E-state index in [9.17, 15) is 9.59 Å². The first-order valence-corrected chi connectivity index (χ1v) is 6.75. The van der Waals surface area contributed by atoms with Crippen LogP contribution in [0.4, 0.5) is 5.69 Å². The summed E-state index contributed by atoms with van der Waals surface area (Å²) >= 11 is 3.19. The van der Waals surface area contributed by atoms with Crippen molar-refractivity contribution >= 4 is 39.9 Å². The summed E-state index contributed by atoms with van der Waals surface area (Å²) in [6.07, 6.45) is 3.35. The largest absolute Gasteiger partial charge is 0.325 e. The number of nitrogens with one attached hydrogen (secondary N) is 2. The minimum Gasteiger partial charge on any atom is -0.325 e. The standard InChI is InChI=1S/C12H16BrN3O2.ClH/c1-16-7-9(6-10(13)12(16)18)15-11(17)8-2-4-14-5-3-8;/h6-8,14H,2-5H2,1H3,(H,15,17);1H. The third-order valence-electron chi connectivity index (χ3n) is 3.12. The van der Waals surface area contributed by atoms with Crippen LogP contribution in [0, 0.1) is 5.92 Å². The highest BCUT2D eigenvalue weighted by atomic mass is 79.9. The van der Waals surface area contributed by atoms with E-state index in [-0.39, 0.29) is 29.8 Å². The molecule has 2 N–H and O–H groups in total. The van der Waals surface area contributed by atoms with Crippen LogP contribution in [-0.2, 0) is 11.8 Å². The fourth-order valence-corrected chi connectivity index (χ4v) is 2.59. The molecule has 1 aliphatic heterocycles. The molecule has 1 amide bonds. The number of anilines is 1. The second kappa shape index (κ2) is 7.07. The van der Waals surface area contributed by atoms with Crippen LogP contribution < -0.4 is 16.2 Å². The van der Waals surface area contributed by atoms with Gasteiger partial charge in [0.25, 0.3) is 5.56 Å². The lowest BCUT2D eigenvalue weighted by Gasteiger charge is -2.21. The summed E-state index contributed by atoms with van der Waals surface area (Å²) < 4.78 is 1.90. The lowest BCUT2D eigenvalue weighted by molar-refractivity contribution is -0.120. The number of hydrogen-bond acceptors (Lipinski definition) is 3. The summed E-state index contributed by atoms with van der Waals surface area (Å²) in [5, 5.41) is 6.09. The smallest absolute Gasteiger partial charge is 0.264 e. The van der Waals surface area contributed by atoms with Gasteiger partial charge in [0.05, 0.1) is 10.2 Å². The third kappa shape index (κ3) is 4.06. The van der Waals surface area contributed by atoms with Crippen molar-refractivity contribution in [2.75, 3.05) is 18.4 Å². The van der Waals surface area contributed by atoms with Gasteiger partial charge in [-0.2, -0.15) is 0 Å². The highest BCUT2D eigenvalue weighted by Gasteiger charge is 2.21. The summed E-state index contributed by atoms with van der Waals surface area (Å²) in [6.45, 7) is 1.77. The Morgan fingerprint density at radius 1 is 1.47 bits per heavy atom. The minimum absolute atomic E-state index is 0. The van der Waals surface area contributed by atoms with E-state index in [0.717, 1.165) is 25.9 Å². The molecule has 0 aliphatic carbocycles. The predicted octanol–water partition coefficient (Wildman–Crippen LogP) is 1.51. The van der Waals surface area contributed by atoms with Crippen LogP contribution in [0.2, 0.25) is 0 Å². The first-order chi connectivity index (χ1) is 8.58. The molecule has 5 nitrogen and oxygen atoms in total. The van der Waals surface area contributed by atoms with Crippen molar-refractivity contribution < 1.29 is 4.79 Å². The van der Waals surface area contributed by atoms with Gasteiger partial charge in [0.15, 0.2) is 0 Å². The summed E-state index contributed by atoms with van der Waals surface area (Å²) in [5.41, 5.74) is 0.530. The molecule has 19 heavy (non-hydrogen) atoms. The molecule has 1 aliphatic rings. The van der Waals surface area contributed by atoms with Crippen molar-refractivity contribution in [1.29, 1.82) is 0 Å². The van der Waals surface area contributed by atoms with Crippen LogP contribution in [0.25, 0.3) is 0 Å². The van der Waals surface area contributed by atoms with Crippen molar-refractivity contribution in [3.63, 3.8) is 0 Å². The molecule has 1 aromatic rings. The van der Waals surface area contributed by atoms with Gasteiger partial charge in [-0.05, 0) is 47.9 Å². The van der Waals surface area contributed by atoms with Crippen molar-refractivity contribution in [2.24, 2.45) is 13.0 Å². The van der Waals surface area contributed by atoms with Crippen LogP contribution in [0.1, 0.15) is 12.8 Å². The Hall–Kier alpha value is -0.850. The number of hydrogen-bond donors (Lipinski definition) is 2. The molecule has 0 radical (unpaired) electrons. The van der Waals surface area contributed by atoms with Crippen LogP contribution in [0.5, 0.6) is 0 Å². The maximum absolute atomic E-state index is 12.0. The lowest BCUT2D eigenvalue weighted by Crippen LogP contribution is -2.34. The van der Waals surface area contributed by atoms with Crippen molar-refractivity contribution in [2.45, 2.75) is 12.8 Å². The number of amides is 1. The van der Waals surface area contributed by atoms with Crippen LogP contribution in [0.15, 0.2) is 21.5 Å². The average molecular weight is 351 g/mol. The molecule has 0 aromatic carbocycles. The molecule has 106 valence electrons. The molecular formula is C12H17BrClN3O2. The molecule has 0 spiro atoms. The fraction of sp³-hybridized carbons (Fsp3) is 0.500. The summed E-state index contributed by atoms with van der Waals surface area (Å²) in [7, 11) is 1.66. The molecule has 1 fully saturated rings. The number of nitrogens with zero attached hydrogens (tertiary/aromatic N) is 1. The van der Waals surface area contributed by atoms with E-state index < -0.39 is 0 Å². The number of carbonyl (C=O) groups excluding carboxylic acids is 1. The first kappa shape index (κ1) is 16.2. The monoisotopic (exact) mass is 349 g/mol. The number of halogens is 2. The minimum atomic E-state index is -0.116. The maximum atomic E-state index is 12.0. The van der Waals surface area contributed by atoms with E-state index in [1.165, 1.54) is 4.57 Å². The molecule has 0 atom stereocenters. The van der Waals surface area contributed by atoms with Gasteiger partial charge in [0.1, 0.15) is 0 Å². The molecular weight excluding hydrogens is 334 g/mol. The second-order valence-corrected chi connectivity index (χ2v) is 5.36. The number of piperidine rings is 1. The van der Waals surface area contributed by atoms with Crippen LogP contribution in [-0.4, -0.2) is 23.6 Å². The highest BCUT2D eigenvalue weighted by Crippen LogP contribution is 2.16. The van der Waals surface area contributed by atoms with Gasteiger partial charge in [-0.15, -0.1) is 12.4 Å². The Kier molecular flexibility index (Phi) is 6.03. The first-order valence-electron chi connectivity index (χ1n) is 5.95. The Morgan fingerprint density at radius 3 is 2.68 bits per heavy atom. The van der Waals surface area contributed by atoms with Gasteiger partial charge < -0.3 is 15.2 Å². The number of carbonyl (C=O) groups is 1. The van der Waals surface area contributed by atoms with Crippen LogP contribution in [0.3, 0.4) is 0 Å². The van der Waals surface area contributed by atoms with E-state index >= 15 is 0 Å². The average Bonchev–Trinajstić information content (AvgIpc) is 2.37. The normalized spacial score (nSPS) is 15.7. The molecule has 0 unspecified atom stereocenters. The fourth-order valence-electron chi connectivity index (χ4n) is 2.07.